The SMILES string of the molecule is Cc1cc(C(=O)Cn2ccccc2=O)c(C)n1C1CC1. The number of pyridine rings is 1. The minimum Gasteiger partial charge on any atom is -0.345 e. The fraction of sp³-hybridized carbons (Fsp3) is 0.375. The number of aryl methyl sites for hydroxylation is 1. The molecule has 1 fully saturated rings. The van der Waals surface area contributed by atoms with Crippen LogP contribution in [0.1, 0.15) is 40.6 Å². The van der Waals surface area contributed by atoms with E-state index in [2.05, 4.69) is 4.57 Å². The van der Waals surface area contributed by atoms with Crippen LogP contribution in [0.2, 0.25) is 0 Å². The summed E-state index contributed by atoms with van der Waals surface area (Å²) in [6, 6.07) is 7.44. The van der Waals surface area contributed by atoms with Gasteiger partial charge < -0.3 is 9.13 Å². The first-order chi connectivity index (χ1) is 9.58. The predicted molar refractivity (Wildman–Crippen MR) is 77.2 cm³/mol. The maximum absolute atomic E-state index is 12.4. The van der Waals surface area contributed by atoms with Crippen LogP contribution in [0.25, 0.3) is 0 Å². The summed E-state index contributed by atoms with van der Waals surface area (Å²) < 4.78 is 3.70. The van der Waals surface area contributed by atoms with E-state index in [9.17, 15) is 9.59 Å². The first kappa shape index (κ1) is 12.9. The van der Waals surface area contributed by atoms with Crippen LogP contribution >= 0.6 is 0 Å². The molecule has 20 heavy (non-hydrogen) atoms. The third-order valence-electron chi connectivity index (χ3n) is 3.91. The smallest absolute Gasteiger partial charge is 0.250 e. The van der Waals surface area contributed by atoms with Gasteiger partial charge in [0.2, 0.25) is 0 Å². The van der Waals surface area contributed by atoms with Crippen molar-refractivity contribution in [1.82, 2.24) is 9.13 Å². The fourth-order valence-electron chi connectivity index (χ4n) is 2.79. The van der Waals surface area contributed by atoms with Crippen LogP contribution < -0.4 is 5.56 Å². The highest BCUT2D eigenvalue weighted by atomic mass is 16.1. The molecule has 2 aromatic heterocycles. The van der Waals surface area contributed by atoms with Gasteiger partial charge in [-0.2, -0.15) is 0 Å². The molecule has 1 saturated carbocycles. The van der Waals surface area contributed by atoms with Crippen molar-refractivity contribution in [3.63, 3.8) is 0 Å². The van der Waals surface area contributed by atoms with Crippen LogP contribution in [0.5, 0.6) is 0 Å². The molecule has 0 amide bonds. The normalized spacial score (nSPS) is 14.5. The third-order valence-corrected chi connectivity index (χ3v) is 3.91. The van der Waals surface area contributed by atoms with Gasteiger partial charge in [-0.15, -0.1) is 0 Å². The molecule has 0 aliphatic heterocycles. The number of hydrogen-bond donors (Lipinski definition) is 0. The Morgan fingerprint density at radius 2 is 2.05 bits per heavy atom. The molecule has 104 valence electrons. The highest BCUT2D eigenvalue weighted by Gasteiger charge is 2.28. The number of hydrogen-bond acceptors (Lipinski definition) is 2. The molecule has 2 heterocycles. The Morgan fingerprint density at radius 1 is 1.30 bits per heavy atom. The Morgan fingerprint density at radius 3 is 2.70 bits per heavy atom. The van der Waals surface area contributed by atoms with Crippen molar-refractivity contribution < 1.29 is 4.79 Å². The number of rotatable bonds is 4. The summed E-state index contributed by atoms with van der Waals surface area (Å²) >= 11 is 0. The zero-order valence-corrected chi connectivity index (χ0v) is 11.8. The van der Waals surface area contributed by atoms with Gasteiger partial charge in [0, 0.05) is 35.3 Å². The van der Waals surface area contributed by atoms with E-state index in [1.165, 1.54) is 23.5 Å². The summed E-state index contributed by atoms with van der Waals surface area (Å²) in [5.41, 5.74) is 2.76. The summed E-state index contributed by atoms with van der Waals surface area (Å²) in [5, 5.41) is 0. The van der Waals surface area contributed by atoms with Crippen molar-refractivity contribution in [2.75, 3.05) is 0 Å². The van der Waals surface area contributed by atoms with Gasteiger partial charge in [0.25, 0.3) is 5.56 Å². The second-order valence-corrected chi connectivity index (χ2v) is 5.48. The van der Waals surface area contributed by atoms with Crippen molar-refractivity contribution >= 4 is 5.78 Å². The molecule has 0 saturated heterocycles. The highest BCUT2D eigenvalue weighted by molar-refractivity contribution is 5.97. The van der Waals surface area contributed by atoms with E-state index in [1.807, 2.05) is 19.9 Å². The Labute approximate surface area is 117 Å². The van der Waals surface area contributed by atoms with Gasteiger partial charge in [-0.1, -0.05) is 6.07 Å². The van der Waals surface area contributed by atoms with Crippen LogP contribution in [0.4, 0.5) is 0 Å². The highest BCUT2D eigenvalue weighted by Crippen LogP contribution is 2.38. The molecule has 4 nitrogen and oxygen atoms in total. The molecule has 3 rings (SSSR count). The molecule has 1 aliphatic rings. The van der Waals surface area contributed by atoms with Crippen molar-refractivity contribution in [3.05, 3.63) is 57.8 Å². The predicted octanol–water partition coefficient (Wildman–Crippen LogP) is 2.48. The number of carbonyl (C=O) groups is 1. The first-order valence-electron chi connectivity index (χ1n) is 6.95. The topological polar surface area (TPSA) is 44.0 Å². The van der Waals surface area contributed by atoms with Gasteiger partial charge in [0.15, 0.2) is 5.78 Å². The third kappa shape index (κ3) is 2.22. The van der Waals surface area contributed by atoms with Crippen LogP contribution in [-0.4, -0.2) is 14.9 Å². The van der Waals surface area contributed by atoms with E-state index >= 15 is 0 Å². The summed E-state index contributed by atoms with van der Waals surface area (Å²) in [4.78, 5) is 24.1. The van der Waals surface area contributed by atoms with Gasteiger partial charge in [0.05, 0.1) is 6.54 Å². The second kappa shape index (κ2) is 4.78. The van der Waals surface area contributed by atoms with Crippen molar-refractivity contribution in [2.45, 2.75) is 39.3 Å². The maximum atomic E-state index is 12.4. The zero-order chi connectivity index (χ0) is 14.3. The Bertz CT molecular complexity index is 720. The summed E-state index contributed by atoms with van der Waals surface area (Å²) in [7, 11) is 0. The minimum absolute atomic E-state index is 0.00157. The minimum atomic E-state index is -0.142. The summed E-state index contributed by atoms with van der Waals surface area (Å²) in [6.45, 7) is 4.14. The van der Waals surface area contributed by atoms with E-state index in [1.54, 1.807) is 18.3 Å². The zero-order valence-electron chi connectivity index (χ0n) is 11.8. The molecule has 2 aromatic rings. The van der Waals surface area contributed by atoms with E-state index in [0.29, 0.717) is 6.04 Å². The Balaban J connectivity index is 1.90. The van der Waals surface area contributed by atoms with E-state index < -0.39 is 0 Å². The van der Waals surface area contributed by atoms with Crippen molar-refractivity contribution in [1.29, 1.82) is 0 Å². The molecule has 0 unspecified atom stereocenters. The second-order valence-electron chi connectivity index (χ2n) is 5.48. The standard InChI is InChI=1S/C16H18N2O2/c1-11-9-14(12(2)18(11)13-6-7-13)15(19)10-17-8-4-3-5-16(17)20/h3-5,8-9,13H,6-7,10H2,1-2H3. The van der Waals surface area contributed by atoms with E-state index in [-0.39, 0.29) is 17.9 Å². The van der Waals surface area contributed by atoms with Gasteiger partial charge in [-0.25, -0.2) is 0 Å². The lowest BCUT2D eigenvalue weighted by Crippen LogP contribution is -2.22. The molecule has 0 N–H and O–H groups in total. The number of carbonyl (C=O) groups excluding carboxylic acids is 1. The van der Waals surface area contributed by atoms with Crippen molar-refractivity contribution in [2.24, 2.45) is 0 Å². The van der Waals surface area contributed by atoms with Gasteiger partial charge in [-0.3, -0.25) is 9.59 Å². The quantitative estimate of drug-likeness (QED) is 0.801. The molecule has 0 atom stereocenters. The van der Waals surface area contributed by atoms with Gasteiger partial charge >= 0.3 is 0 Å². The molecular formula is C16H18N2O2. The van der Waals surface area contributed by atoms with Gasteiger partial charge in [-0.05, 0) is 38.8 Å². The van der Waals surface area contributed by atoms with E-state index in [4.69, 9.17) is 0 Å². The molecule has 1 aliphatic carbocycles. The summed E-state index contributed by atoms with van der Waals surface area (Å²) in [6.07, 6.45) is 4.05. The van der Waals surface area contributed by atoms with Crippen LogP contribution in [0.3, 0.4) is 0 Å². The average Bonchev–Trinajstić information content (AvgIpc) is 3.19. The Hall–Kier alpha value is -2.10. The lowest BCUT2D eigenvalue weighted by molar-refractivity contribution is 0.0970. The largest absolute Gasteiger partial charge is 0.345 e. The number of nitrogens with zero attached hydrogens (tertiary/aromatic N) is 2. The monoisotopic (exact) mass is 270 g/mol. The lowest BCUT2D eigenvalue weighted by atomic mass is 10.1. The average molecular weight is 270 g/mol. The molecule has 0 radical (unpaired) electrons. The lowest BCUT2D eigenvalue weighted by Gasteiger charge is -2.08. The maximum Gasteiger partial charge on any atom is 0.250 e. The number of Topliss-reactive ketones (excluding diaryl/α,β-unsaturated/α-hetero) is 1. The summed E-state index contributed by atoms with van der Waals surface area (Å²) in [5.74, 6) is -0.00157. The Kier molecular flexibility index (Phi) is 3.08. The van der Waals surface area contributed by atoms with Crippen LogP contribution in [0, 0.1) is 13.8 Å². The molecular weight excluding hydrogens is 252 g/mol. The number of ketones is 1. The molecule has 4 heteroatoms. The van der Waals surface area contributed by atoms with Gasteiger partial charge in [0.1, 0.15) is 0 Å². The molecule has 0 bridgehead atoms. The van der Waals surface area contributed by atoms with Crippen molar-refractivity contribution in [3.8, 4) is 0 Å². The molecule has 0 spiro atoms. The first-order valence-corrected chi connectivity index (χ1v) is 6.95. The van der Waals surface area contributed by atoms with Crippen LogP contribution in [0.15, 0.2) is 35.3 Å². The van der Waals surface area contributed by atoms with Crippen LogP contribution in [-0.2, 0) is 6.54 Å². The molecule has 0 aromatic carbocycles. The number of aromatic nitrogens is 2. The fourth-order valence-corrected chi connectivity index (χ4v) is 2.79. The van der Waals surface area contributed by atoms with E-state index in [0.717, 1.165) is 17.0 Å².